The lowest BCUT2D eigenvalue weighted by molar-refractivity contribution is 0.212. The summed E-state index contributed by atoms with van der Waals surface area (Å²) in [6, 6.07) is 11.8. The van der Waals surface area contributed by atoms with E-state index in [1.165, 1.54) is 56.8 Å². The van der Waals surface area contributed by atoms with Crippen LogP contribution in [-0.2, 0) is 0 Å². The molecule has 1 saturated carbocycles. The fourth-order valence-electron chi connectivity index (χ4n) is 5.17. The fraction of sp³-hybridized carbons (Fsp3) is 0.407. The number of methoxy groups -OCH3 is 1. The lowest BCUT2D eigenvalue weighted by atomic mass is 9.71. The topological polar surface area (TPSA) is 9.23 Å². The predicted molar refractivity (Wildman–Crippen MR) is 124 cm³/mol. The minimum atomic E-state index is -0.510. The van der Waals surface area contributed by atoms with E-state index in [4.69, 9.17) is 16.3 Å². The molecule has 0 N–H and O–H groups in total. The summed E-state index contributed by atoms with van der Waals surface area (Å²) in [5.41, 5.74) is 4.30. The molecule has 158 valence electrons. The first kappa shape index (κ1) is 21.2. The summed E-state index contributed by atoms with van der Waals surface area (Å²) in [6.07, 6.45) is 13.6. The van der Waals surface area contributed by atoms with Crippen LogP contribution in [0.25, 0.3) is 16.7 Å². The number of rotatable bonds is 5. The molecule has 30 heavy (non-hydrogen) atoms. The van der Waals surface area contributed by atoms with Crippen LogP contribution in [0.4, 0.5) is 4.39 Å². The Labute approximate surface area is 184 Å². The first-order valence-corrected chi connectivity index (χ1v) is 11.4. The summed E-state index contributed by atoms with van der Waals surface area (Å²) in [5.74, 6) is 2.11. The molecule has 3 heteroatoms. The van der Waals surface area contributed by atoms with Crippen LogP contribution in [0.1, 0.15) is 50.5 Å². The molecular formula is C27H30ClFO. The highest BCUT2D eigenvalue weighted by atomic mass is 35.5. The Kier molecular flexibility index (Phi) is 6.63. The number of benzene rings is 2. The van der Waals surface area contributed by atoms with E-state index in [1.807, 2.05) is 18.2 Å². The number of hydrogen-bond acceptors (Lipinski definition) is 1. The van der Waals surface area contributed by atoms with Crippen molar-refractivity contribution in [1.29, 1.82) is 0 Å². The van der Waals surface area contributed by atoms with Gasteiger partial charge in [0, 0.05) is 5.56 Å². The molecule has 0 heterocycles. The molecule has 1 fully saturated rings. The Hall–Kier alpha value is -2.06. The van der Waals surface area contributed by atoms with Gasteiger partial charge >= 0.3 is 0 Å². The molecule has 1 nitrogen and oxygen atoms in total. The normalized spacial score (nSPS) is 24.2. The van der Waals surface area contributed by atoms with E-state index in [0.717, 1.165) is 29.7 Å². The van der Waals surface area contributed by atoms with Crippen LogP contribution in [0.5, 0.6) is 5.75 Å². The van der Waals surface area contributed by atoms with E-state index in [0.29, 0.717) is 5.56 Å². The van der Waals surface area contributed by atoms with Crippen LogP contribution in [0.15, 0.2) is 55.1 Å². The highest BCUT2D eigenvalue weighted by molar-refractivity contribution is 6.33. The van der Waals surface area contributed by atoms with Gasteiger partial charge in [-0.3, -0.25) is 0 Å². The van der Waals surface area contributed by atoms with Crippen molar-refractivity contribution in [3.63, 3.8) is 0 Å². The SMILES string of the molecule is C=CC1CCC(C2CC=C(c3ccc(-c4ccc(OC)c(F)c4Cl)cc3)CC2)CC1. The second kappa shape index (κ2) is 9.39. The smallest absolute Gasteiger partial charge is 0.184 e. The molecule has 2 aliphatic rings. The van der Waals surface area contributed by atoms with Crippen LogP contribution in [0, 0.1) is 23.6 Å². The monoisotopic (exact) mass is 424 g/mol. The number of hydrogen-bond donors (Lipinski definition) is 0. The molecule has 0 saturated heterocycles. The first-order valence-electron chi connectivity index (χ1n) is 11.0. The third-order valence-electron chi connectivity index (χ3n) is 7.10. The van der Waals surface area contributed by atoms with Crippen molar-refractivity contribution >= 4 is 17.2 Å². The van der Waals surface area contributed by atoms with Crippen molar-refractivity contribution in [2.24, 2.45) is 17.8 Å². The third-order valence-corrected chi connectivity index (χ3v) is 7.47. The number of allylic oxidation sites excluding steroid dienone is 3. The van der Waals surface area contributed by atoms with Gasteiger partial charge in [-0.2, -0.15) is 0 Å². The molecule has 0 bridgehead atoms. The second-order valence-electron chi connectivity index (χ2n) is 8.70. The van der Waals surface area contributed by atoms with E-state index < -0.39 is 5.82 Å². The van der Waals surface area contributed by atoms with Crippen LogP contribution in [0.2, 0.25) is 5.02 Å². The second-order valence-corrected chi connectivity index (χ2v) is 9.07. The van der Waals surface area contributed by atoms with Crippen molar-refractivity contribution in [3.8, 4) is 16.9 Å². The van der Waals surface area contributed by atoms with Gasteiger partial charge in [0.15, 0.2) is 11.6 Å². The summed E-state index contributed by atoms with van der Waals surface area (Å²) < 4.78 is 19.3. The van der Waals surface area contributed by atoms with Gasteiger partial charge in [-0.1, -0.05) is 48.0 Å². The maximum Gasteiger partial charge on any atom is 0.184 e. The minimum Gasteiger partial charge on any atom is -0.494 e. The van der Waals surface area contributed by atoms with Crippen LogP contribution >= 0.6 is 11.6 Å². The van der Waals surface area contributed by atoms with Crippen molar-refractivity contribution in [2.45, 2.75) is 44.9 Å². The average molecular weight is 425 g/mol. The minimum absolute atomic E-state index is 0.105. The van der Waals surface area contributed by atoms with Gasteiger partial charge in [-0.25, -0.2) is 4.39 Å². The zero-order valence-corrected chi connectivity index (χ0v) is 18.4. The fourth-order valence-corrected chi connectivity index (χ4v) is 5.44. The molecule has 0 amide bonds. The molecule has 1 atom stereocenters. The zero-order chi connectivity index (χ0) is 21.1. The maximum absolute atomic E-state index is 14.3. The Balaban J connectivity index is 1.43. The largest absolute Gasteiger partial charge is 0.494 e. The quantitative estimate of drug-likeness (QED) is 0.438. The zero-order valence-electron chi connectivity index (χ0n) is 17.7. The van der Waals surface area contributed by atoms with E-state index >= 15 is 0 Å². The molecule has 2 aromatic rings. The highest BCUT2D eigenvalue weighted by Crippen LogP contribution is 2.42. The van der Waals surface area contributed by atoms with E-state index in [2.05, 4.69) is 30.9 Å². The predicted octanol–water partition coefficient (Wildman–Crippen LogP) is 8.33. The lowest BCUT2D eigenvalue weighted by Crippen LogP contribution is -2.22. The molecule has 2 aliphatic carbocycles. The van der Waals surface area contributed by atoms with Gasteiger partial charge in [0.1, 0.15) is 0 Å². The van der Waals surface area contributed by atoms with Crippen molar-refractivity contribution in [3.05, 3.63) is 71.5 Å². The molecule has 2 aromatic carbocycles. The summed E-state index contributed by atoms with van der Waals surface area (Å²) in [4.78, 5) is 0. The van der Waals surface area contributed by atoms with Gasteiger partial charge in [0.2, 0.25) is 0 Å². The van der Waals surface area contributed by atoms with Crippen molar-refractivity contribution < 1.29 is 9.13 Å². The molecule has 0 spiro atoms. The highest BCUT2D eigenvalue weighted by Gasteiger charge is 2.28. The van der Waals surface area contributed by atoms with Gasteiger partial charge in [0.05, 0.1) is 12.1 Å². The average Bonchev–Trinajstić information content (AvgIpc) is 2.81. The first-order chi connectivity index (χ1) is 14.6. The summed E-state index contributed by atoms with van der Waals surface area (Å²) in [7, 11) is 1.44. The van der Waals surface area contributed by atoms with Gasteiger partial charge in [-0.05, 0) is 91.5 Å². The van der Waals surface area contributed by atoms with E-state index in [1.54, 1.807) is 6.07 Å². The summed E-state index contributed by atoms with van der Waals surface area (Å²) in [6.45, 7) is 3.97. The van der Waals surface area contributed by atoms with Crippen molar-refractivity contribution in [2.75, 3.05) is 7.11 Å². The third kappa shape index (κ3) is 4.34. The number of ether oxygens (including phenoxy) is 1. The molecular weight excluding hydrogens is 395 g/mol. The standard InChI is InChI=1S/C27H30ClFO/c1-3-18-4-6-19(7-5-18)20-8-10-21(11-9-20)22-12-14-23(15-13-22)24-16-17-25(30-2)27(29)26(24)28/h3,10,12-20H,1,4-9,11H2,2H3. The molecule has 4 rings (SSSR count). The maximum atomic E-state index is 14.3. The lowest BCUT2D eigenvalue weighted by Gasteiger charge is -2.34. The van der Waals surface area contributed by atoms with Gasteiger partial charge in [0.25, 0.3) is 0 Å². The van der Waals surface area contributed by atoms with Crippen LogP contribution in [-0.4, -0.2) is 7.11 Å². The Morgan fingerprint density at radius 3 is 2.27 bits per heavy atom. The van der Waals surface area contributed by atoms with Crippen molar-refractivity contribution in [1.82, 2.24) is 0 Å². The summed E-state index contributed by atoms with van der Waals surface area (Å²) >= 11 is 6.24. The molecule has 1 unspecified atom stereocenters. The molecule has 0 aliphatic heterocycles. The summed E-state index contributed by atoms with van der Waals surface area (Å²) in [5, 5.41) is 0.105. The Bertz CT molecular complexity index is 923. The van der Waals surface area contributed by atoms with Gasteiger partial charge in [-0.15, -0.1) is 6.58 Å². The molecule has 0 radical (unpaired) electrons. The van der Waals surface area contributed by atoms with E-state index in [9.17, 15) is 4.39 Å². The van der Waals surface area contributed by atoms with Crippen LogP contribution in [0.3, 0.4) is 0 Å². The van der Waals surface area contributed by atoms with Crippen LogP contribution < -0.4 is 4.74 Å². The van der Waals surface area contributed by atoms with Gasteiger partial charge < -0.3 is 4.74 Å². The molecule has 0 aromatic heterocycles. The van der Waals surface area contributed by atoms with E-state index in [-0.39, 0.29) is 10.8 Å². The Morgan fingerprint density at radius 2 is 1.67 bits per heavy atom. The number of halogens is 2. The Morgan fingerprint density at radius 1 is 0.967 bits per heavy atom.